The summed E-state index contributed by atoms with van der Waals surface area (Å²) in [4.78, 5) is 24.2. The molecule has 3 rings (SSSR count). The second-order valence-corrected chi connectivity index (χ2v) is 5.94. The average molecular weight is 348 g/mol. The maximum absolute atomic E-state index is 12.2. The van der Waals surface area contributed by atoms with Crippen LogP contribution in [0.5, 0.6) is 0 Å². The number of ether oxygens (including phenoxy) is 1. The number of rotatable bonds is 4. The molecule has 0 aliphatic carbocycles. The molecule has 1 aliphatic heterocycles. The van der Waals surface area contributed by atoms with Crippen molar-refractivity contribution in [3.05, 3.63) is 63.5 Å². The molecule has 24 heavy (non-hydrogen) atoms. The van der Waals surface area contributed by atoms with Gasteiger partial charge in [-0.3, -0.25) is 9.59 Å². The van der Waals surface area contributed by atoms with Gasteiger partial charge in [0.1, 0.15) is 6.10 Å². The quantitative estimate of drug-likeness (QED) is 0.878. The molecule has 1 aromatic carbocycles. The lowest BCUT2D eigenvalue weighted by molar-refractivity contribution is -0.128. The van der Waals surface area contributed by atoms with Crippen LogP contribution in [0.25, 0.3) is 0 Å². The Balaban J connectivity index is 1.75. The first-order valence-electron chi connectivity index (χ1n) is 7.70. The highest BCUT2D eigenvalue weighted by molar-refractivity contribution is 6.31. The van der Waals surface area contributed by atoms with E-state index in [0.717, 1.165) is 12.1 Å². The first-order chi connectivity index (χ1) is 11.6. The Hall–Kier alpha value is -2.15. The largest absolute Gasteiger partial charge is 0.366 e. The third kappa shape index (κ3) is 4.03. The maximum Gasteiger partial charge on any atom is 0.254 e. The van der Waals surface area contributed by atoms with Gasteiger partial charge < -0.3 is 19.9 Å². The third-order valence-electron chi connectivity index (χ3n) is 3.77. The van der Waals surface area contributed by atoms with Gasteiger partial charge in [-0.15, -0.1) is 0 Å². The topological polar surface area (TPSA) is 72.4 Å². The van der Waals surface area contributed by atoms with Crippen LogP contribution in [-0.4, -0.2) is 36.3 Å². The summed E-state index contributed by atoms with van der Waals surface area (Å²) >= 11 is 6.14. The molecule has 1 unspecified atom stereocenters. The van der Waals surface area contributed by atoms with E-state index in [1.807, 2.05) is 18.2 Å². The molecule has 1 aromatic heterocycles. The second kappa shape index (κ2) is 7.61. The molecule has 1 atom stereocenters. The van der Waals surface area contributed by atoms with Crippen molar-refractivity contribution in [3.63, 3.8) is 0 Å². The van der Waals surface area contributed by atoms with Crippen LogP contribution in [0.4, 0.5) is 5.69 Å². The molecular weight excluding hydrogens is 330 g/mol. The fourth-order valence-corrected chi connectivity index (χ4v) is 2.69. The van der Waals surface area contributed by atoms with Crippen molar-refractivity contribution in [3.8, 4) is 0 Å². The number of carbonyl (C=O) groups is 1. The van der Waals surface area contributed by atoms with Crippen LogP contribution in [0, 0.1) is 0 Å². The Morgan fingerprint density at radius 3 is 2.92 bits per heavy atom. The van der Waals surface area contributed by atoms with Crippen LogP contribution in [0.2, 0.25) is 5.02 Å². The molecule has 0 spiro atoms. The van der Waals surface area contributed by atoms with Gasteiger partial charge in [0.2, 0.25) is 0 Å². The van der Waals surface area contributed by atoms with Crippen LogP contribution in [-0.2, 0) is 16.1 Å². The van der Waals surface area contributed by atoms with E-state index in [-0.39, 0.29) is 11.5 Å². The Kier molecular flexibility index (Phi) is 5.30. The number of benzene rings is 1. The van der Waals surface area contributed by atoms with E-state index in [1.54, 1.807) is 18.3 Å². The smallest absolute Gasteiger partial charge is 0.254 e. The summed E-state index contributed by atoms with van der Waals surface area (Å²) in [5.74, 6) is -0.231. The average Bonchev–Trinajstić information content (AvgIpc) is 2.60. The highest BCUT2D eigenvalue weighted by Gasteiger charge is 2.21. The number of carbonyl (C=O) groups excluding carboxylic acids is 1. The lowest BCUT2D eigenvalue weighted by Crippen LogP contribution is -2.45. The van der Waals surface area contributed by atoms with Crippen molar-refractivity contribution in [2.24, 2.45) is 0 Å². The van der Waals surface area contributed by atoms with Crippen LogP contribution in [0.1, 0.15) is 5.56 Å². The van der Waals surface area contributed by atoms with Crippen LogP contribution in [0.15, 0.2) is 47.4 Å². The third-order valence-corrected chi connectivity index (χ3v) is 4.14. The number of hydrogen-bond acceptors (Lipinski definition) is 4. The molecule has 2 heterocycles. The predicted molar refractivity (Wildman–Crippen MR) is 92.5 cm³/mol. The summed E-state index contributed by atoms with van der Waals surface area (Å²) in [5.41, 5.74) is 1.22. The van der Waals surface area contributed by atoms with Gasteiger partial charge in [0.05, 0.1) is 18.8 Å². The van der Waals surface area contributed by atoms with Gasteiger partial charge >= 0.3 is 0 Å². The van der Waals surface area contributed by atoms with Crippen molar-refractivity contribution >= 4 is 23.2 Å². The number of nitrogens with zero attached hydrogens (tertiary/aromatic N) is 1. The van der Waals surface area contributed by atoms with E-state index in [4.69, 9.17) is 16.3 Å². The number of halogens is 1. The van der Waals surface area contributed by atoms with E-state index in [9.17, 15) is 9.59 Å². The lowest BCUT2D eigenvalue weighted by Gasteiger charge is -2.22. The minimum atomic E-state index is -0.525. The van der Waals surface area contributed by atoms with Gasteiger partial charge in [0.15, 0.2) is 0 Å². The Morgan fingerprint density at radius 2 is 2.17 bits per heavy atom. The molecule has 2 aromatic rings. The van der Waals surface area contributed by atoms with E-state index in [2.05, 4.69) is 10.6 Å². The van der Waals surface area contributed by atoms with Gasteiger partial charge in [0.25, 0.3) is 11.5 Å². The molecule has 1 aliphatic rings. The highest BCUT2D eigenvalue weighted by atomic mass is 35.5. The summed E-state index contributed by atoms with van der Waals surface area (Å²) in [5, 5.41) is 6.49. The zero-order valence-corrected chi connectivity index (χ0v) is 13.8. The van der Waals surface area contributed by atoms with Crippen LogP contribution >= 0.6 is 11.6 Å². The lowest BCUT2D eigenvalue weighted by atomic mass is 10.2. The zero-order valence-electron chi connectivity index (χ0n) is 13.0. The van der Waals surface area contributed by atoms with Gasteiger partial charge in [-0.2, -0.15) is 0 Å². The highest BCUT2D eigenvalue weighted by Crippen LogP contribution is 2.16. The maximum atomic E-state index is 12.2. The molecule has 1 amide bonds. The molecule has 1 saturated heterocycles. The monoisotopic (exact) mass is 347 g/mol. The molecule has 126 valence electrons. The standard InChI is InChI=1S/C17H18ClN3O3/c18-14-4-2-1-3-12(14)10-21-11-13(5-6-16(21)22)20-17(23)15-9-19-7-8-24-15/h1-6,11,15,19H,7-10H2,(H,20,23). The van der Waals surface area contributed by atoms with E-state index < -0.39 is 6.10 Å². The predicted octanol–water partition coefficient (Wildman–Crippen LogP) is 1.48. The number of pyridine rings is 1. The summed E-state index contributed by atoms with van der Waals surface area (Å²) in [6.45, 7) is 2.06. The molecule has 7 heteroatoms. The number of aromatic nitrogens is 1. The van der Waals surface area contributed by atoms with Crippen molar-refractivity contribution in [2.75, 3.05) is 25.0 Å². The van der Waals surface area contributed by atoms with E-state index >= 15 is 0 Å². The SMILES string of the molecule is O=C(Nc1ccc(=O)n(Cc2ccccc2Cl)c1)C1CNCCO1. The van der Waals surface area contributed by atoms with Crippen molar-refractivity contribution < 1.29 is 9.53 Å². The molecule has 0 bridgehead atoms. The van der Waals surface area contributed by atoms with Crippen LogP contribution in [0.3, 0.4) is 0 Å². The number of nitrogens with one attached hydrogen (secondary N) is 2. The van der Waals surface area contributed by atoms with Crippen molar-refractivity contribution in [1.82, 2.24) is 9.88 Å². The molecular formula is C17H18ClN3O3. The van der Waals surface area contributed by atoms with Crippen molar-refractivity contribution in [2.45, 2.75) is 12.6 Å². The number of morpholine rings is 1. The van der Waals surface area contributed by atoms with Gasteiger partial charge in [0, 0.05) is 30.4 Å². The summed E-state index contributed by atoms with van der Waals surface area (Å²) in [7, 11) is 0. The minimum Gasteiger partial charge on any atom is -0.366 e. The fraction of sp³-hybridized carbons (Fsp3) is 0.294. The Labute approximate surface area is 144 Å². The second-order valence-electron chi connectivity index (χ2n) is 5.53. The number of anilines is 1. The van der Waals surface area contributed by atoms with Gasteiger partial charge in [-0.05, 0) is 17.7 Å². The first-order valence-corrected chi connectivity index (χ1v) is 8.08. The number of amides is 1. The summed E-state index contributed by atoms with van der Waals surface area (Å²) < 4.78 is 6.93. The molecule has 2 N–H and O–H groups in total. The van der Waals surface area contributed by atoms with E-state index in [0.29, 0.717) is 30.4 Å². The van der Waals surface area contributed by atoms with Crippen LogP contribution < -0.4 is 16.2 Å². The van der Waals surface area contributed by atoms with Gasteiger partial charge in [-0.25, -0.2) is 0 Å². The van der Waals surface area contributed by atoms with Crippen molar-refractivity contribution in [1.29, 1.82) is 0 Å². The normalized spacial score (nSPS) is 17.5. The van der Waals surface area contributed by atoms with E-state index in [1.165, 1.54) is 10.6 Å². The number of hydrogen-bond donors (Lipinski definition) is 2. The Bertz CT molecular complexity index is 785. The molecule has 1 fully saturated rings. The molecule has 0 radical (unpaired) electrons. The zero-order chi connectivity index (χ0) is 16.9. The summed E-state index contributed by atoms with van der Waals surface area (Å²) in [6.07, 6.45) is 1.09. The first kappa shape index (κ1) is 16.7. The fourth-order valence-electron chi connectivity index (χ4n) is 2.50. The molecule has 0 saturated carbocycles. The van der Waals surface area contributed by atoms with Gasteiger partial charge in [-0.1, -0.05) is 29.8 Å². The Morgan fingerprint density at radius 1 is 1.33 bits per heavy atom. The minimum absolute atomic E-state index is 0.163. The summed E-state index contributed by atoms with van der Waals surface area (Å²) in [6, 6.07) is 10.4. The molecule has 6 nitrogen and oxygen atoms in total.